The third-order valence-electron chi connectivity index (χ3n) is 2.09. The van der Waals surface area contributed by atoms with Gasteiger partial charge in [-0.1, -0.05) is 0 Å². The van der Waals surface area contributed by atoms with Gasteiger partial charge in [-0.3, -0.25) is 0 Å². The molecule has 1 aromatic carbocycles. The van der Waals surface area contributed by atoms with E-state index in [1.54, 1.807) is 26.4 Å². The van der Waals surface area contributed by atoms with Crippen molar-refractivity contribution in [1.29, 1.82) is 0 Å². The van der Waals surface area contributed by atoms with Crippen molar-refractivity contribution in [2.45, 2.75) is 0 Å². The fourth-order valence-electron chi connectivity index (χ4n) is 1.29. The van der Waals surface area contributed by atoms with E-state index in [0.29, 0.717) is 28.8 Å². The van der Waals surface area contributed by atoms with Crippen molar-refractivity contribution in [3.63, 3.8) is 0 Å². The Bertz CT molecular complexity index is 421. The number of aliphatic imine (C=N–C) groups is 1. The molecular formula is C11H15ClN2O3. The topological polar surface area (TPSA) is 66.1 Å². The maximum atomic E-state index is 5.58. The molecule has 2 N–H and O–H groups in total. The summed E-state index contributed by atoms with van der Waals surface area (Å²) in [7, 11) is 4.63. The maximum absolute atomic E-state index is 5.58. The summed E-state index contributed by atoms with van der Waals surface area (Å²) >= 11 is 5.58. The second kappa shape index (κ2) is 6.20. The molecule has 6 heteroatoms. The summed E-state index contributed by atoms with van der Waals surface area (Å²) < 4.78 is 15.5. The molecule has 0 aliphatic rings. The molecule has 5 nitrogen and oxygen atoms in total. The number of alkyl halides is 1. The van der Waals surface area contributed by atoms with Crippen molar-refractivity contribution in [2.24, 2.45) is 10.7 Å². The smallest absolute Gasteiger partial charge is 0.164 e. The number of halogens is 1. The first-order chi connectivity index (χ1) is 8.15. The number of ether oxygens (including phenoxy) is 3. The molecule has 0 radical (unpaired) electrons. The van der Waals surface area contributed by atoms with Gasteiger partial charge in [-0.05, 0) is 0 Å². The van der Waals surface area contributed by atoms with E-state index in [-0.39, 0.29) is 5.88 Å². The van der Waals surface area contributed by atoms with Gasteiger partial charge in [-0.25, -0.2) is 4.99 Å². The van der Waals surface area contributed by atoms with Crippen LogP contribution in [-0.2, 0) is 0 Å². The lowest BCUT2D eigenvalue weighted by Crippen LogP contribution is -2.12. The summed E-state index contributed by atoms with van der Waals surface area (Å²) in [5.41, 5.74) is 6.13. The Morgan fingerprint density at radius 2 is 1.65 bits per heavy atom. The summed E-state index contributed by atoms with van der Waals surface area (Å²) in [5, 5.41) is 0. The van der Waals surface area contributed by atoms with Crippen LogP contribution < -0.4 is 19.9 Å². The molecule has 1 rings (SSSR count). The molecule has 1 aromatic rings. The average Bonchev–Trinajstić information content (AvgIpc) is 2.37. The average molecular weight is 259 g/mol. The molecule has 17 heavy (non-hydrogen) atoms. The molecule has 0 fully saturated rings. The second-order valence-electron chi connectivity index (χ2n) is 3.12. The Morgan fingerprint density at radius 1 is 1.12 bits per heavy atom. The van der Waals surface area contributed by atoms with Crippen molar-refractivity contribution in [2.75, 3.05) is 27.2 Å². The Labute approximate surface area is 105 Å². The highest BCUT2D eigenvalue weighted by atomic mass is 35.5. The number of methoxy groups -OCH3 is 3. The predicted molar refractivity (Wildman–Crippen MR) is 68.1 cm³/mol. The van der Waals surface area contributed by atoms with Crippen LogP contribution >= 0.6 is 11.6 Å². The molecule has 0 saturated heterocycles. The Kier molecular flexibility index (Phi) is 4.90. The molecule has 0 unspecified atom stereocenters. The lowest BCUT2D eigenvalue weighted by atomic mass is 10.2. The van der Waals surface area contributed by atoms with Gasteiger partial charge >= 0.3 is 0 Å². The molecule has 0 saturated carbocycles. The van der Waals surface area contributed by atoms with Crippen LogP contribution in [-0.4, -0.2) is 33.0 Å². The van der Waals surface area contributed by atoms with Gasteiger partial charge in [0.05, 0.1) is 27.2 Å². The predicted octanol–water partition coefficient (Wildman–Crippen LogP) is 1.94. The van der Waals surface area contributed by atoms with Gasteiger partial charge in [0.2, 0.25) is 0 Å². The van der Waals surface area contributed by atoms with Crippen LogP contribution in [0, 0.1) is 0 Å². The van der Waals surface area contributed by atoms with E-state index in [4.69, 9.17) is 31.5 Å². The molecular weight excluding hydrogens is 244 g/mol. The molecule has 0 aliphatic carbocycles. The Balaban J connectivity index is 3.28. The molecule has 0 amide bonds. The van der Waals surface area contributed by atoms with Crippen molar-refractivity contribution in [3.05, 3.63) is 12.1 Å². The zero-order valence-corrected chi connectivity index (χ0v) is 10.7. The standard InChI is InChI=1S/C11H15ClN2O3/c1-15-8-5-10(17-3)9(16-2)4-7(8)14-11(13)6-12/h4-5H,6H2,1-3H3,(H2,13,14). The summed E-state index contributed by atoms with van der Waals surface area (Å²) in [4.78, 5) is 4.13. The molecule has 0 bridgehead atoms. The Hall–Kier alpha value is -1.62. The SMILES string of the molecule is COc1cc(OC)c(OC)cc1N=C(N)CCl. The quantitative estimate of drug-likeness (QED) is 0.498. The summed E-state index contributed by atoms with van der Waals surface area (Å²) in [6, 6.07) is 3.36. The van der Waals surface area contributed by atoms with Crippen LogP contribution in [0.3, 0.4) is 0 Å². The van der Waals surface area contributed by atoms with Crippen molar-refractivity contribution in [3.8, 4) is 17.2 Å². The summed E-state index contributed by atoms with van der Waals surface area (Å²) in [5.74, 6) is 2.10. The number of nitrogens with two attached hydrogens (primary N) is 1. The maximum Gasteiger partial charge on any atom is 0.164 e. The lowest BCUT2D eigenvalue weighted by Gasteiger charge is -2.11. The van der Waals surface area contributed by atoms with Crippen molar-refractivity contribution in [1.82, 2.24) is 0 Å². The minimum absolute atomic E-state index is 0.150. The van der Waals surface area contributed by atoms with E-state index >= 15 is 0 Å². The van der Waals surface area contributed by atoms with Gasteiger partial charge in [0.15, 0.2) is 11.5 Å². The normalized spacial score (nSPS) is 11.2. The minimum Gasteiger partial charge on any atom is -0.494 e. The molecule has 0 aromatic heterocycles. The minimum atomic E-state index is 0.150. The van der Waals surface area contributed by atoms with Gasteiger partial charge in [-0.2, -0.15) is 0 Å². The van der Waals surface area contributed by atoms with E-state index in [1.807, 2.05) is 0 Å². The number of hydrogen-bond acceptors (Lipinski definition) is 4. The Morgan fingerprint density at radius 3 is 2.12 bits per heavy atom. The number of hydrogen-bond donors (Lipinski definition) is 1. The highest BCUT2D eigenvalue weighted by Crippen LogP contribution is 2.39. The lowest BCUT2D eigenvalue weighted by molar-refractivity contribution is 0.349. The number of benzene rings is 1. The van der Waals surface area contributed by atoms with Crippen LogP contribution in [0.1, 0.15) is 0 Å². The van der Waals surface area contributed by atoms with E-state index in [2.05, 4.69) is 4.99 Å². The second-order valence-corrected chi connectivity index (χ2v) is 3.38. The monoisotopic (exact) mass is 258 g/mol. The molecule has 0 atom stereocenters. The molecule has 0 spiro atoms. The highest BCUT2D eigenvalue weighted by Gasteiger charge is 2.11. The van der Waals surface area contributed by atoms with Crippen LogP contribution in [0.15, 0.2) is 17.1 Å². The van der Waals surface area contributed by atoms with E-state index < -0.39 is 0 Å². The molecule has 94 valence electrons. The zero-order valence-electron chi connectivity index (χ0n) is 9.99. The summed E-state index contributed by atoms with van der Waals surface area (Å²) in [6.07, 6.45) is 0. The highest BCUT2D eigenvalue weighted by molar-refractivity contribution is 6.28. The van der Waals surface area contributed by atoms with E-state index in [9.17, 15) is 0 Å². The third-order valence-corrected chi connectivity index (χ3v) is 2.36. The first-order valence-corrected chi connectivity index (χ1v) is 5.38. The van der Waals surface area contributed by atoms with Crippen LogP contribution in [0.4, 0.5) is 5.69 Å². The zero-order chi connectivity index (χ0) is 12.8. The van der Waals surface area contributed by atoms with E-state index in [1.165, 1.54) is 7.11 Å². The summed E-state index contributed by atoms with van der Waals surface area (Å²) in [6.45, 7) is 0. The number of nitrogens with zero attached hydrogens (tertiary/aromatic N) is 1. The van der Waals surface area contributed by atoms with Crippen LogP contribution in [0.25, 0.3) is 0 Å². The number of rotatable bonds is 5. The fourth-order valence-corrected chi connectivity index (χ4v) is 1.34. The molecule has 0 heterocycles. The van der Waals surface area contributed by atoms with Crippen molar-refractivity contribution < 1.29 is 14.2 Å². The first kappa shape index (κ1) is 13.4. The van der Waals surface area contributed by atoms with Crippen LogP contribution in [0.2, 0.25) is 0 Å². The molecule has 0 aliphatic heterocycles. The van der Waals surface area contributed by atoms with Gasteiger partial charge in [-0.15, -0.1) is 11.6 Å². The van der Waals surface area contributed by atoms with Crippen molar-refractivity contribution >= 4 is 23.1 Å². The fraction of sp³-hybridized carbons (Fsp3) is 0.364. The van der Waals surface area contributed by atoms with Gasteiger partial charge in [0.1, 0.15) is 17.3 Å². The van der Waals surface area contributed by atoms with Gasteiger partial charge in [0, 0.05) is 12.1 Å². The largest absolute Gasteiger partial charge is 0.494 e. The van der Waals surface area contributed by atoms with Crippen LogP contribution in [0.5, 0.6) is 17.2 Å². The van der Waals surface area contributed by atoms with Gasteiger partial charge in [0.25, 0.3) is 0 Å². The third kappa shape index (κ3) is 3.17. The number of amidine groups is 1. The van der Waals surface area contributed by atoms with E-state index in [0.717, 1.165) is 0 Å². The first-order valence-electron chi connectivity index (χ1n) is 4.85. The van der Waals surface area contributed by atoms with Gasteiger partial charge < -0.3 is 19.9 Å².